The van der Waals surface area contributed by atoms with Gasteiger partial charge in [-0.05, 0) is 30.5 Å². The smallest absolute Gasteiger partial charge is 0.251 e. The molecule has 0 bridgehead atoms. The van der Waals surface area contributed by atoms with Crippen molar-refractivity contribution in [2.45, 2.75) is 24.3 Å². The molecule has 1 aliphatic rings. The highest BCUT2D eigenvalue weighted by atomic mass is 32.2. The molecular weight excluding hydrogens is 428 g/mol. The molecule has 0 radical (unpaired) electrons. The predicted molar refractivity (Wildman–Crippen MR) is 121 cm³/mol. The Morgan fingerprint density at radius 2 is 1.66 bits per heavy atom. The first-order valence-electron chi connectivity index (χ1n) is 10.4. The summed E-state index contributed by atoms with van der Waals surface area (Å²) in [5.41, 5.74) is 1.81. The van der Waals surface area contributed by atoms with Crippen LogP contribution in [-0.4, -0.2) is 43.3 Å². The Labute approximate surface area is 186 Å². The van der Waals surface area contributed by atoms with Crippen molar-refractivity contribution in [3.05, 3.63) is 82.8 Å². The topological polar surface area (TPSA) is 85.7 Å². The highest BCUT2D eigenvalue weighted by molar-refractivity contribution is 7.89. The number of hydrogen-bond acceptors (Lipinski definition) is 5. The van der Waals surface area contributed by atoms with E-state index in [0.717, 1.165) is 34.3 Å². The third kappa shape index (κ3) is 4.37. The van der Waals surface area contributed by atoms with Crippen LogP contribution in [0.3, 0.4) is 0 Å². The molecule has 0 N–H and O–H groups in total. The number of hydrogen-bond donors (Lipinski definition) is 0. The lowest BCUT2D eigenvalue weighted by Crippen LogP contribution is -2.30. The minimum Gasteiger partial charge on any atom is -0.496 e. The lowest BCUT2D eigenvalue weighted by Gasteiger charge is -2.16. The van der Waals surface area contributed by atoms with Crippen LogP contribution in [-0.2, 0) is 16.6 Å². The van der Waals surface area contributed by atoms with Gasteiger partial charge >= 0.3 is 0 Å². The zero-order valence-corrected chi connectivity index (χ0v) is 18.5. The first-order valence-corrected chi connectivity index (χ1v) is 11.8. The maximum atomic E-state index is 12.8. The normalized spacial score (nSPS) is 14.4. The van der Waals surface area contributed by atoms with Gasteiger partial charge in [-0.1, -0.05) is 42.5 Å². The molecule has 4 rings (SSSR count). The largest absolute Gasteiger partial charge is 0.496 e. The second-order valence-corrected chi connectivity index (χ2v) is 9.58. The van der Waals surface area contributed by atoms with E-state index in [0.29, 0.717) is 18.7 Å². The van der Waals surface area contributed by atoms with E-state index >= 15 is 0 Å². The number of carbonyl (C=O) groups is 1. The second-order valence-electron chi connectivity index (χ2n) is 7.64. The fraction of sp³-hybridized carbons (Fsp3) is 0.250. The fourth-order valence-electron chi connectivity index (χ4n) is 3.83. The summed E-state index contributed by atoms with van der Waals surface area (Å²) in [6.45, 7) is 0.702. The van der Waals surface area contributed by atoms with Crippen LogP contribution < -0.4 is 10.3 Å². The monoisotopic (exact) mass is 452 g/mol. The highest BCUT2D eigenvalue weighted by Gasteiger charge is 2.27. The molecule has 0 spiro atoms. The number of Topliss-reactive ketones (excluding diaryl/α,β-unsaturated/α-hetero) is 1. The number of rotatable bonds is 7. The zero-order valence-electron chi connectivity index (χ0n) is 17.7. The number of sulfonamides is 1. The number of aromatic nitrogens is 1. The van der Waals surface area contributed by atoms with Gasteiger partial charge in [0.15, 0.2) is 5.78 Å². The number of para-hydroxylation sites is 1. The Morgan fingerprint density at radius 3 is 2.34 bits per heavy atom. The van der Waals surface area contributed by atoms with Crippen LogP contribution in [0, 0.1) is 0 Å². The molecule has 32 heavy (non-hydrogen) atoms. The van der Waals surface area contributed by atoms with Gasteiger partial charge < -0.3 is 9.30 Å². The third-order valence-electron chi connectivity index (χ3n) is 5.60. The summed E-state index contributed by atoms with van der Waals surface area (Å²) in [5, 5.41) is 0. The van der Waals surface area contributed by atoms with Crippen molar-refractivity contribution in [3.8, 4) is 16.9 Å². The van der Waals surface area contributed by atoms with Gasteiger partial charge in [-0.3, -0.25) is 9.59 Å². The Hall–Kier alpha value is -3.23. The summed E-state index contributed by atoms with van der Waals surface area (Å²) in [6.07, 6.45) is 2.90. The van der Waals surface area contributed by atoms with Crippen molar-refractivity contribution in [2.24, 2.45) is 0 Å². The van der Waals surface area contributed by atoms with E-state index in [4.69, 9.17) is 4.74 Å². The number of benzene rings is 2. The Morgan fingerprint density at radius 1 is 0.969 bits per heavy atom. The maximum Gasteiger partial charge on any atom is 0.251 e. The van der Waals surface area contributed by atoms with Gasteiger partial charge in [0.05, 0.1) is 18.6 Å². The molecule has 2 heterocycles. The summed E-state index contributed by atoms with van der Waals surface area (Å²) in [6, 6.07) is 17.1. The van der Waals surface area contributed by atoms with E-state index < -0.39 is 15.6 Å². The lowest BCUT2D eigenvalue weighted by molar-refractivity contribution is 0.0970. The van der Waals surface area contributed by atoms with Gasteiger partial charge in [0, 0.05) is 36.5 Å². The van der Waals surface area contributed by atoms with Gasteiger partial charge in [-0.25, -0.2) is 8.42 Å². The number of methoxy groups -OCH3 is 1. The van der Waals surface area contributed by atoms with Crippen LogP contribution in [0.5, 0.6) is 5.75 Å². The maximum absolute atomic E-state index is 12.8. The predicted octanol–water partition coefficient (Wildman–Crippen LogP) is 3.19. The average Bonchev–Trinajstić information content (AvgIpc) is 3.36. The van der Waals surface area contributed by atoms with Gasteiger partial charge in [-0.2, -0.15) is 4.31 Å². The minimum atomic E-state index is -3.67. The summed E-state index contributed by atoms with van der Waals surface area (Å²) >= 11 is 0. The van der Waals surface area contributed by atoms with E-state index in [9.17, 15) is 18.0 Å². The SMILES string of the molecule is COc1ccccc1-c1ccc(C(=O)Cn2cc(S(=O)(=O)N3CCCC3)ccc2=O)cc1. The summed E-state index contributed by atoms with van der Waals surface area (Å²) in [5.74, 6) is 0.448. The summed E-state index contributed by atoms with van der Waals surface area (Å²) in [7, 11) is -2.07. The molecule has 2 aromatic carbocycles. The molecule has 8 heteroatoms. The van der Waals surface area contributed by atoms with Crippen molar-refractivity contribution >= 4 is 15.8 Å². The lowest BCUT2D eigenvalue weighted by atomic mass is 10.0. The Kier molecular flexibility index (Phi) is 6.25. The van der Waals surface area contributed by atoms with Gasteiger partial charge in [0.25, 0.3) is 5.56 Å². The Bertz CT molecular complexity index is 1290. The van der Waals surface area contributed by atoms with Crippen LogP contribution in [0.2, 0.25) is 0 Å². The van der Waals surface area contributed by atoms with Crippen LogP contribution in [0.4, 0.5) is 0 Å². The van der Waals surface area contributed by atoms with E-state index in [2.05, 4.69) is 0 Å². The summed E-state index contributed by atoms with van der Waals surface area (Å²) < 4.78 is 33.5. The van der Waals surface area contributed by atoms with Crippen molar-refractivity contribution < 1.29 is 17.9 Å². The molecule has 0 saturated carbocycles. The number of pyridine rings is 1. The molecule has 1 saturated heterocycles. The zero-order chi connectivity index (χ0) is 22.7. The molecule has 0 amide bonds. The van der Waals surface area contributed by atoms with Crippen LogP contribution in [0.1, 0.15) is 23.2 Å². The molecule has 1 fully saturated rings. The molecule has 0 atom stereocenters. The van der Waals surface area contributed by atoms with Crippen molar-refractivity contribution in [2.75, 3.05) is 20.2 Å². The molecule has 0 unspecified atom stereocenters. The molecule has 1 aliphatic heterocycles. The third-order valence-corrected chi connectivity index (χ3v) is 7.48. The van der Waals surface area contributed by atoms with Gasteiger partial charge in [-0.15, -0.1) is 0 Å². The first kappa shape index (κ1) is 22.0. The standard InChI is InChI=1S/C24H24N2O5S/c1-31-23-7-3-2-6-21(23)18-8-10-19(11-9-18)22(27)17-25-16-20(12-13-24(25)28)32(29,30)26-14-4-5-15-26/h2-3,6-13,16H,4-5,14-15,17H2,1H3. The van der Waals surface area contributed by atoms with E-state index in [1.54, 1.807) is 19.2 Å². The second kappa shape index (κ2) is 9.10. The summed E-state index contributed by atoms with van der Waals surface area (Å²) in [4.78, 5) is 25.1. The molecule has 3 aromatic rings. The highest BCUT2D eigenvalue weighted by Crippen LogP contribution is 2.29. The van der Waals surface area contributed by atoms with E-state index in [-0.39, 0.29) is 17.2 Å². The molecule has 0 aliphatic carbocycles. The van der Waals surface area contributed by atoms with E-state index in [1.165, 1.54) is 22.6 Å². The molecule has 166 valence electrons. The van der Waals surface area contributed by atoms with Crippen LogP contribution >= 0.6 is 0 Å². The average molecular weight is 453 g/mol. The van der Waals surface area contributed by atoms with Crippen LogP contribution in [0.25, 0.3) is 11.1 Å². The van der Waals surface area contributed by atoms with Gasteiger partial charge in [0.1, 0.15) is 5.75 Å². The quantitative estimate of drug-likeness (QED) is 0.514. The number of ketones is 1. The number of carbonyl (C=O) groups excluding carboxylic acids is 1. The van der Waals surface area contributed by atoms with Crippen molar-refractivity contribution in [1.29, 1.82) is 0 Å². The van der Waals surface area contributed by atoms with Crippen molar-refractivity contribution in [3.63, 3.8) is 0 Å². The van der Waals surface area contributed by atoms with Gasteiger partial charge in [0.2, 0.25) is 10.0 Å². The molecular formula is C24H24N2O5S. The fourth-order valence-corrected chi connectivity index (χ4v) is 5.37. The molecule has 7 nitrogen and oxygen atoms in total. The minimum absolute atomic E-state index is 0.0262. The Balaban J connectivity index is 1.56. The molecule has 1 aromatic heterocycles. The number of nitrogens with zero attached hydrogens (tertiary/aromatic N) is 2. The van der Waals surface area contributed by atoms with Crippen molar-refractivity contribution in [1.82, 2.24) is 8.87 Å². The first-order chi connectivity index (χ1) is 15.4. The van der Waals surface area contributed by atoms with E-state index in [1.807, 2.05) is 36.4 Å². The van der Waals surface area contributed by atoms with Crippen LogP contribution in [0.15, 0.2) is 76.6 Å². The number of ether oxygens (including phenoxy) is 1.